The average molecular weight is 248 g/mol. The van der Waals surface area contributed by atoms with Crippen molar-refractivity contribution in [1.29, 1.82) is 0 Å². The van der Waals surface area contributed by atoms with E-state index in [1.807, 2.05) is 54.6 Å². The lowest BCUT2D eigenvalue weighted by molar-refractivity contribution is 0.101. The SMILES string of the molecule is O=C1/C(=C/C=C/c2ccccc2)Oc2ccccc21. The third kappa shape index (κ3) is 2.33. The molecule has 2 aromatic rings. The first kappa shape index (κ1) is 11.5. The molecule has 0 spiro atoms. The van der Waals surface area contributed by atoms with Crippen LogP contribution in [0.25, 0.3) is 6.08 Å². The number of ether oxygens (including phenoxy) is 1. The van der Waals surface area contributed by atoms with Crippen LogP contribution in [0.2, 0.25) is 0 Å². The molecular weight excluding hydrogens is 236 g/mol. The van der Waals surface area contributed by atoms with E-state index in [0.717, 1.165) is 5.56 Å². The van der Waals surface area contributed by atoms with Gasteiger partial charge in [0.05, 0.1) is 5.56 Å². The van der Waals surface area contributed by atoms with E-state index >= 15 is 0 Å². The number of carbonyl (C=O) groups excluding carboxylic acids is 1. The Labute approximate surface area is 111 Å². The molecule has 1 aliphatic heterocycles. The lowest BCUT2D eigenvalue weighted by Crippen LogP contribution is -1.97. The number of para-hydroxylation sites is 1. The third-order valence-corrected chi connectivity index (χ3v) is 2.91. The van der Waals surface area contributed by atoms with Crippen LogP contribution in [0, 0.1) is 0 Å². The number of fused-ring (bicyclic) bond motifs is 1. The van der Waals surface area contributed by atoms with Crippen molar-refractivity contribution < 1.29 is 9.53 Å². The zero-order valence-electron chi connectivity index (χ0n) is 10.2. The van der Waals surface area contributed by atoms with E-state index in [1.54, 1.807) is 18.2 Å². The molecule has 3 rings (SSSR count). The first-order valence-corrected chi connectivity index (χ1v) is 6.09. The second-order valence-corrected chi connectivity index (χ2v) is 4.23. The molecule has 0 bridgehead atoms. The van der Waals surface area contributed by atoms with Gasteiger partial charge in [-0.05, 0) is 23.8 Å². The monoisotopic (exact) mass is 248 g/mol. The van der Waals surface area contributed by atoms with Crippen LogP contribution in [0.1, 0.15) is 15.9 Å². The third-order valence-electron chi connectivity index (χ3n) is 2.91. The van der Waals surface area contributed by atoms with E-state index in [4.69, 9.17) is 4.74 Å². The van der Waals surface area contributed by atoms with Crippen LogP contribution >= 0.6 is 0 Å². The molecule has 0 unspecified atom stereocenters. The Morgan fingerprint density at radius 1 is 0.895 bits per heavy atom. The second-order valence-electron chi connectivity index (χ2n) is 4.23. The number of ketones is 1. The fourth-order valence-corrected chi connectivity index (χ4v) is 1.96. The Morgan fingerprint density at radius 2 is 1.63 bits per heavy atom. The molecule has 0 fully saturated rings. The minimum Gasteiger partial charge on any atom is -0.452 e. The number of rotatable bonds is 2. The standard InChI is InChI=1S/C17H12O2/c18-17-14-10-4-5-11-15(14)19-16(17)12-6-9-13-7-2-1-3-8-13/h1-12H/b9-6+,16-12-. The van der Waals surface area contributed by atoms with Crippen molar-refractivity contribution in [2.24, 2.45) is 0 Å². The highest BCUT2D eigenvalue weighted by Crippen LogP contribution is 2.30. The maximum atomic E-state index is 12.0. The molecule has 19 heavy (non-hydrogen) atoms. The summed E-state index contributed by atoms with van der Waals surface area (Å²) in [5.74, 6) is 0.938. The van der Waals surface area contributed by atoms with Crippen molar-refractivity contribution in [3.8, 4) is 5.75 Å². The highest BCUT2D eigenvalue weighted by molar-refractivity contribution is 6.12. The first-order chi connectivity index (χ1) is 9.34. The lowest BCUT2D eigenvalue weighted by Gasteiger charge is -1.95. The van der Waals surface area contributed by atoms with E-state index in [1.165, 1.54) is 0 Å². The molecule has 0 N–H and O–H groups in total. The molecule has 0 saturated heterocycles. The van der Waals surface area contributed by atoms with E-state index in [-0.39, 0.29) is 5.78 Å². The minimum absolute atomic E-state index is 0.0617. The van der Waals surface area contributed by atoms with E-state index in [2.05, 4.69) is 0 Å². The van der Waals surface area contributed by atoms with Crippen LogP contribution in [0.4, 0.5) is 0 Å². The van der Waals surface area contributed by atoms with Gasteiger partial charge >= 0.3 is 0 Å². The van der Waals surface area contributed by atoms with Gasteiger partial charge in [0.1, 0.15) is 5.75 Å². The predicted octanol–water partition coefficient (Wildman–Crippen LogP) is 3.86. The van der Waals surface area contributed by atoms with Gasteiger partial charge in [0.2, 0.25) is 5.78 Å². The van der Waals surface area contributed by atoms with Crippen LogP contribution in [0.3, 0.4) is 0 Å². The van der Waals surface area contributed by atoms with Crippen LogP contribution < -0.4 is 4.74 Å². The summed E-state index contributed by atoms with van der Waals surface area (Å²) in [4.78, 5) is 12.0. The molecule has 2 heteroatoms. The molecule has 1 aliphatic rings. The smallest absolute Gasteiger partial charge is 0.231 e. The maximum absolute atomic E-state index is 12.0. The van der Waals surface area contributed by atoms with E-state index in [0.29, 0.717) is 17.1 Å². The highest BCUT2D eigenvalue weighted by Gasteiger charge is 2.25. The highest BCUT2D eigenvalue weighted by atomic mass is 16.5. The number of hydrogen-bond donors (Lipinski definition) is 0. The van der Waals surface area contributed by atoms with Crippen LogP contribution in [-0.2, 0) is 0 Å². The van der Waals surface area contributed by atoms with Crippen molar-refractivity contribution in [3.05, 3.63) is 83.6 Å². The molecule has 0 radical (unpaired) electrons. The summed E-state index contributed by atoms with van der Waals surface area (Å²) in [6, 6.07) is 17.2. The first-order valence-electron chi connectivity index (χ1n) is 6.09. The van der Waals surface area contributed by atoms with Crippen molar-refractivity contribution >= 4 is 11.9 Å². The summed E-state index contributed by atoms with van der Waals surface area (Å²) in [5.41, 5.74) is 1.71. The Morgan fingerprint density at radius 3 is 2.42 bits per heavy atom. The van der Waals surface area contributed by atoms with Gasteiger partial charge in [0.25, 0.3) is 0 Å². The minimum atomic E-state index is -0.0617. The number of benzene rings is 2. The summed E-state index contributed by atoms with van der Waals surface area (Å²) < 4.78 is 5.52. The Balaban J connectivity index is 1.80. The summed E-state index contributed by atoms with van der Waals surface area (Å²) in [7, 11) is 0. The van der Waals surface area contributed by atoms with Crippen molar-refractivity contribution in [1.82, 2.24) is 0 Å². The largest absolute Gasteiger partial charge is 0.452 e. The molecule has 1 heterocycles. The average Bonchev–Trinajstić information content (AvgIpc) is 2.78. The molecule has 2 aromatic carbocycles. The van der Waals surface area contributed by atoms with E-state index in [9.17, 15) is 4.79 Å². The number of Topliss-reactive ketones (excluding diaryl/α,β-unsaturated/α-hetero) is 1. The molecule has 0 saturated carbocycles. The Bertz CT molecular complexity index is 667. The van der Waals surface area contributed by atoms with Gasteiger partial charge < -0.3 is 4.74 Å². The van der Waals surface area contributed by atoms with Crippen molar-refractivity contribution in [2.45, 2.75) is 0 Å². The fraction of sp³-hybridized carbons (Fsp3) is 0. The van der Waals surface area contributed by atoms with Gasteiger partial charge in [-0.25, -0.2) is 0 Å². The van der Waals surface area contributed by atoms with Crippen LogP contribution in [0.5, 0.6) is 5.75 Å². The maximum Gasteiger partial charge on any atom is 0.231 e. The van der Waals surface area contributed by atoms with Gasteiger partial charge in [-0.2, -0.15) is 0 Å². The Kier molecular flexibility index (Phi) is 2.99. The number of allylic oxidation sites excluding steroid dienone is 3. The van der Waals surface area contributed by atoms with Gasteiger partial charge in [-0.15, -0.1) is 0 Å². The van der Waals surface area contributed by atoms with Crippen molar-refractivity contribution in [3.63, 3.8) is 0 Å². The van der Waals surface area contributed by atoms with Crippen molar-refractivity contribution in [2.75, 3.05) is 0 Å². The van der Waals surface area contributed by atoms with Gasteiger partial charge in [-0.1, -0.05) is 54.6 Å². The Hall–Kier alpha value is -2.61. The van der Waals surface area contributed by atoms with Gasteiger partial charge in [0, 0.05) is 0 Å². The molecule has 0 atom stereocenters. The zero-order chi connectivity index (χ0) is 13.1. The molecule has 2 nitrogen and oxygen atoms in total. The van der Waals surface area contributed by atoms with E-state index < -0.39 is 0 Å². The second kappa shape index (κ2) is 4.94. The summed E-state index contributed by atoms with van der Waals surface area (Å²) in [5, 5.41) is 0. The van der Waals surface area contributed by atoms with Crippen LogP contribution in [0.15, 0.2) is 72.5 Å². The predicted molar refractivity (Wildman–Crippen MR) is 75.0 cm³/mol. The quantitative estimate of drug-likeness (QED) is 0.754. The number of hydrogen-bond acceptors (Lipinski definition) is 2. The summed E-state index contributed by atoms with van der Waals surface area (Å²) in [6.07, 6.45) is 5.47. The van der Waals surface area contributed by atoms with Crippen LogP contribution in [-0.4, -0.2) is 5.78 Å². The zero-order valence-corrected chi connectivity index (χ0v) is 10.2. The summed E-state index contributed by atoms with van der Waals surface area (Å²) in [6.45, 7) is 0. The van der Waals surface area contributed by atoms with Gasteiger partial charge in [-0.3, -0.25) is 4.79 Å². The summed E-state index contributed by atoms with van der Waals surface area (Å²) >= 11 is 0. The normalized spacial score (nSPS) is 15.8. The fourth-order valence-electron chi connectivity index (χ4n) is 1.96. The molecule has 0 amide bonds. The molecule has 92 valence electrons. The topological polar surface area (TPSA) is 26.3 Å². The lowest BCUT2D eigenvalue weighted by atomic mass is 10.1. The van der Waals surface area contributed by atoms with Gasteiger partial charge in [0.15, 0.2) is 5.76 Å². The number of carbonyl (C=O) groups is 1. The molecule has 0 aromatic heterocycles. The molecule has 0 aliphatic carbocycles. The molecular formula is C17H12O2.